The molecule has 26 heavy (non-hydrogen) atoms. The van der Waals surface area contributed by atoms with Crippen molar-refractivity contribution in [1.29, 1.82) is 5.26 Å². The molecule has 1 aromatic carbocycles. The van der Waals surface area contributed by atoms with Gasteiger partial charge in [-0.25, -0.2) is 0 Å². The van der Waals surface area contributed by atoms with Crippen LogP contribution in [-0.2, 0) is 15.6 Å². The molecule has 142 valence electrons. The Labute approximate surface area is 157 Å². The zero-order chi connectivity index (χ0) is 20.3. The van der Waals surface area contributed by atoms with Gasteiger partial charge in [-0.05, 0) is 47.9 Å². The van der Waals surface area contributed by atoms with E-state index in [1.165, 1.54) is 0 Å². The lowest BCUT2D eigenvalue weighted by molar-refractivity contribution is -0.117. The maximum absolute atomic E-state index is 12.3. The molecule has 0 heterocycles. The molecule has 1 atom stereocenters. The zero-order valence-electron chi connectivity index (χ0n) is 17.3. The number of nitrogens with one attached hydrogen (secondary N) is 1. The first-order valence-electron chi connectivity index (χ1n) is 9.11. The average molecular weight is 357 g/mol. The lowest BCUT2D eigenvalue weighted by Crippen LogP contribution is -2.32. The summed E-state index contributed by atoms with van der Waals surface area (Å²) in [7, 11) is 0. The second kappa shape index (κ2) is 7.95. The van der Waals surface area contributed by atoms with E-state index in [0.717, 1.165) is 23.1 Å². The SMILES string of the molecule is CC[C@@H](C)NC(=O)/C(C#N)=C/c1cc(C(C)(C)C)c(O)c(C(C)(C)C)c1. The molecule has 0 fully saturated rings. The van der Waals surface area contributed by atoms with Gasteiger partial charge in [-0.1, -0.05) is 48.5 Å². The highest BCUT2D eigenvalue weighted by Gasteiger charge is 2.26. The number of rotatable bonds is 4. The van der Waals surface area contributed by atoms with Crippen molar-refractivity contribution in [2.45, 2.75) is 78.7 Å². The summed E-state index contributed by atoms with van der Waals surface area (Å²) in [6.45, 7) is 16.1. The number of hydrogen-bond acceptors (Lipinski definition) is 3. The van der Waals surface area contributed by atoms with Gasteiger partial charge >= 0.3 is 0 Å². The molecule has 0 aliphatic heterocycles. The van der Waals surface area contributed by atoms with Crippen molar-refractivity contribution in [1.82, 2.24) is 5.32 Å². The summed E-state index contributed by atoms with van der Waals surface area (Å²) in [5.41, 5.74) is 1.88. The standard InChI is InChI=1S/C22H32N2O2/c1-9-14(2)24-20(26)16(13-23)10-15-11-17(21(3,4)5)19(25)18(12-15)22(6,7)8/h10-12,14,25H,9H2,1-8H3,(H,24,26)/b16-10+/t14-/m1/s1. The monoisotopic (exact) mass is 356 g/mol. The molecular formula is C22H32N2O2. The lowest BCUT2D eigenvalue weighted by atomic mass is 9.78. The number of aromatic hydroxyl groups is 1. The van der Waals surface area contributed by atoms with E-state index >= 15 is 0 Å². The van der Waals surface area contributed by atoms with Gasteiger partial charge in [-0.2, -0.15) is 5.26 Å². The molecule has 4 heteroatoms. The fourth-order valence-corrected chi connectivity index (χ4v) is 2.60. The van der Waals surface area contributed by atoms with Crippen LogP contribution in [-0.4, -0.2) is 17.1 Å². The van der Waals surface area contributed by atoms with Crippen LogP contribution in [0.1, 0.15) is 78.5 Å². The van der Waals surface area contributed by atoms with Gasteiger partial charge in [0.25, 0.3) is 5.91 Å². The highest BCUT2D eigenvalue weighted by atomic mass is 16.3. The van der Waals surface area contributed by atoms with E-state index in [1.54, 1.807) is 6.08 Å². The molecular weight excluding hydrogens is 324 g/mol. The van der Waals surface area contributed by atoms with Crippen LogP contribution in [0.25, 0.3) is 6.08 Å². The molecule has 1 rings (SSSR count). The number of phenolic OH excluding ortho intramolecular Hbond substituents is 1. The molecule has 1 amide bonds. The number of hydrogen-bond donors (Lipinski definition) is 2. The highest BCUT2D eigenvalue weighted by Crippen LogP contribution is 2.40. The molecule has 0 aromatic heterocycles. The summed E-state index contributed by atoms with van der Waals surface area (Å²) in [5, 5.41) is 23.0. The molecule has 4 nitrogen and oxygen atoms in total. The van der Waals surface area contributed by atoms with Crippen molar-refractivity contribution in [2.75, 3.05) is 0 Å². The van der Waals surface area contributed by atoms with Gasteiger partial charge in [-0.15, -0.1) is 0 Å². The maximum Gasteiger partial charge on any atom is 0.262 e. The average Bonchev–Trinajstić information content (AvgIpc) is 2.51. The second-order valence-corrected chi connectivity index (χ2v) is 8.92. The Balaban J connectivity index is 3.52. The van der Waals surface area contributed by atoms with Gasteiger partial charge in [0.05, 0.1) is 0 Å². The third-order valence-electron chi connectivity index (χ3n) is 4.41. The minimum atomic E-state index is -0.371. The quantitative estimate of drug-likeness (QED) is 0.600. The van der Waals surface area contributed by atoms with E-state index in [4.69, 9.17) is 0 Å². The van der Waals surface area contributed by atoms with Gasteiger partial charge < -0.3 is 10.4 Å². The van der Waals surface area contributed by atoms with Crippen LogP contribution in [0, 0.1) is 11.3 Å². The number of carbonyl (C=O) groups is 1. The summed E-state index contributed by atoms with van der Waals surface area (Å²) >= 11 is 0. The minimum Gasteiger partial charge on any atom is -0.507 e. The Hall–Kier alpha value is -2.28. The number of nitriles is 1. The zero-order valence-corrected chi connectivity index (χ0v) is 17.3. The van der Waals surface area contributed by atoms with E-state index in [-0.39, 0.29) is 34.1 Å². The number of nitrogens with zero attached hydrogens (tertiary/aromatic N) is 1. The molecule has 0 bridgehead atoms. The fourth-order valence-electron chi connectivity index (χ4n) is 2.60. The summed E-state index contributed by atoms with van der Waals surface area (Å²) < 4.78 is 0. The molecule has 0 saturated heterocycles. The predicted octanol–water partition coefficient (Wildman–Crippen LogP) is 4.81. The van der Waals surface area contributed by atoms with Crippen molar-refractivity contribution in [3.63, 3.8) is 0 Å². The van der Waals surface area contributed by atoms with Crippen molar-refractivity contribution in [2.24, 2.45) is 0 Å². The van der Waals surface area contributed by atoms with Crippen molar-refractivity contribution >= 4 is 12.0 Å². The van der Waals surface area contributed by atoms with E-state index in [1.807, 2.05) is 73.6 Å². The Morgan fingerprint density at radius 3 is 2.00 bits per heavy atom. The summed E-state index contributed by atoms with van der Waals surface area (Å²) in [4.78, 5) is 12.3. The van der Waals surface area contributed by atoms with Gasteiger partial charge in [0.1, 0.15) is 17.4 Å². The van der Waals surface area contributed by atoms with Crippen LogP contribution < -0.4 is 5.32 Å². The molecule has 0 unspecified atom stereocenters. The van der Waals surface area contributed by atoms with Crippen LogP contribution in [0.4, 0.5) is 0 Å². The van der Waals surface area contributed by atoms with E-state index in [2.05, 4.69) is 5.32 Å². The molecule has 0 radical (unpaired) electrons. The number of amides is 1. The van der Waals surface area contributed by atoms with Crippen LogP contribution in [0.15, 0.2) is 17.7 Å². The lowest BCUT2D eigenvalue weighted by Gasteiger charge is -2.28. The summed E-state index contributed by atoms with van der Waals surface area (Å²) in [6, 6.07) is 5.73. The minimum absolute atomic E-state index is 0.00865. The highest BCUT2D eigenvalue weighted by molar-refractivity contribution is 6.01. The number of carbonyl (C=O) groups excluding carboxylic acids is 1. The largest absolute Gasteiger partial charge is 0.507 e. The Kier molecular flexibility index (Phi) is 6.65. The van der Waals surface area contributed by atoms with Crippen LogP contribution >= 0.6 is 0 Å². The van der Waals surface area contributed by atoms with Crippen LogP contribution in [0.3, 0.4) is 0 Å². The predicted molar refractivity (Wildman–Crippen MR) is 107 cm³/mol. The van der Waals surface area contributed by atoms with Gasteiger partial charge in [0, 0.05) is 17.2 Å². The molecule has 0 saturated carbocycles. The first-order chi connectivity index (χ1) is 11.8. The van der Waals surface area contributed by atoms with Gasteiger partial charge in [0.15, 0.2) is 0 Å². The van der Waals surface area contributed by atoms with E-state index < -0.39 is 0 Å². The molecule has 0 spiro atoms. The third-order valence-corrected chi connectivity index (χ3v) is 4.41. The van der Waals surface area contributed by atoms with Crippen molar-refractivity contribution in [3.8, 4) is 11.8 Å². The first kappa shape index (κ1) is 21.8. The third kappa shape index (κ3) is 5.36. The molecule has 0 aliphatic rings. The molecule has 1 aromatic rings. The van der Waals surface area contributed by atoms with Crippen molar-refractivity contribution in [3.05, 3.63) is 34.4 Å². The second-order valence-electron chi connectivity index (χ2n) is 8.92. The van der Waals surface area contributed by atoms with E-state index in [9.17, 15) is 15.2 Å². The molecule has 0 aliphatic carbocycles. The van der Waals surface area contributed by atoms with Crippen molar-refractivity contribution < 1.29 is 9.90 Å². The first-order valence-corrected chi connectivity index (χ1v) is 9.11. The van der Waals surface area contributed by atoms with Crippen LogP contribution in [0.5, 0.6) is 5.75 Å². The maximum atomic E-state index is 12.3. The van der Waals surface area contributed by atoms with Gasteiger partial charge in [-0.3, -0.25) is 4.79 Å². The number of benzene rings is 1. The fraction of sp³-hybridized carbons (Fsp3) is 0.545. The topological polar surface area (TPSA) is 73.1 Å². The summed E-state index contributed by atoms with van der Waals surface area (Å²) in [5.74, 6) is -0.0887. The normalized spacial score (nSPS) is 13.9. The Bertz CT molecular complexity index is 706. The summed E-state index contributed by atoms with van der Waals surface area (Å²) in [6.07, 6.45) is 2.40. The number of phenols is 1. The smallest absolute Gasteiger partial charge is 0.262 e. The van der Waals surface area contributed by atoms with E-state index in [0.29, 0.717) is 0 Å². The van der Waals surface area contributed by atoms with Gasteiger partial charge in [0.2, 0.25) is 0 Å². The molecule has 2 N–H and O–H groups in total. The Morgan fingerprint density at radius 2 is 1.65 bits per heavy atom. The Morgan fingerprint density at radius 1 is 1.19 bits per heavy atom. The van der Waals surface area contributed by atoms with Crippen LogP contribution in [0.2, 0.25) is 0 Å².